The summed E-state index contributed by atoms with van der Waals surface area (Å²) in [6.07, 6.45) is 10.2. The van der Waals surface area contributed by atoms with Crippen LogP contribution in [0.4, 0.5) is 5.13 Å². The largest absolute Gasteiger partial charge is 0.302 e. The van der Waals surface area contributed by atoms with Gasteiger partial charge in [0.1, 0.15) is 0 Å². The minimum atomic E-state index is 0.103. The predicted molar refractivity (Wildman–Crippen MR) is 99.6 cm³/mol. The van der Waals surface area contributed by atoms with Crippen molar-refractivity contribution in [3.63, 3.8) is 0 Å². The van der Waals surface area contributed by atoms with E-state index in [9.17, 15) is 4.79 Å². The van der Waals surface area contributed by atoms with Gasteiger partial charge in [-0.15, -0.1) is 11.3 Å². The monoisotopic (exact) mass is 356 g/mol. The second-order valence-electron chi connectivity index (χ2n) is 7.00. The van der Waals surface area contributed by atoms with Crippen LogP contribution in [0.15, 0.2) is 24.5 Å². The number of hydrogen-bond acceptors (Lipinski definition) is 5. The minimum absolute atomic E-state index is 0.103. The fourth-order valence-electron chi connectivity index (χ4n) is 3.72. The number of carbonyl (C=O) groups is 1. The molecule has 2 aromatic rings. The number of pyridine rings is 1. The lowest BCUT2D eigenvalue weighted by Crippen LogP contribution is -2.37. The number of hydrogen-bond donors (Lipinski definition) is 1. The first-order valence-corrected chi connectivity index (χ1v) is 10.0. The standard InChI is InChI=1S/C19H24N4OS/c24-18(22-19-21-16-5-1-2-6-17(16)25-19)15-7-10-23(11-8-15)13-14-4-3-9-20-12-14/h3-4,9,12,15H,1-2,5-8,10-11,13H2,(H,21,22,24). The number of rotatable bonds is 4. The van der Waals surface area contributed by atoms with E-state index in [0.717, 1.165) is 50.4 Å². The number of amides is 1. The lowest BCUT2D eigenvalue weighted by molar-refractivity contribution is -0.121. The Morgan fingerprint density at radius 3 is 2.88 bits per heavy atom. The smallest absolute Gasteiger partial charge is 0.229 e. The van der Waals surface area contributed by atoms with Crippen LogP contribution in [0.5, 0.6) is 0 Å². The van der Waals surface area contributed by atoms with Gasteiger partial charge in [-0.3, -0.25) is 14.7 Å². The molecule has 0 aromatic carbocycles. The zero-order chi connectivity index (χ0) is 17.1. The molecule has 132 valence electrons. The van der Waals surface area contributed by atoms with Crippen LogP contribution in [0.25, 0.3) is 0 Å². The Morgan fingerprint density at radius 1 is 1.28 bits per heavy atom. The van der Waals surface area contributed by atoms with Crippen LogP contribution < -0.4 is 5.32 Å². The fraction of sp³-hybridized carbons (Fsp3) is 0.526. The number of thiazole rings is 1. The minimum Gasteiger partial charge on any atom is -0.302 e. The summed E-state index contributed by atoms with van der Waals surface area (Å²) in [6, 6.07) is 4.08. The number of nitrogens with one attached hydrogen (secondary N) is 1. The summed E-state index contributed by atoms with van der Waals surface area (Å²) >= 11 is 1.67. The molecule has 0 saturated carbocycles. The number of piperidine rings is 1. The number of aryl methyl sites for hydroxylation is 2. The highest BCUT2D eigenvalue weighted by atomic mass is 32.1. The molecule has 5 nitrogen and oxygen atoms in total. The van der Waals surface area contributed by atoms with Gasteiger partial charge in [0.25, 0.3) is 0 Å². The molecule has 1 amide bonds. The molecular weight excluding hydrogens is 332 g/mol. The maximum absolute atomic E-state index is 12.6. The van der Waals surface area contributed by atoms with E-state index in [2.05, 4.69) is 26.3 Å². The molecule has 0 atom stereocenters. The molecule has 1 N–H and O–H groups in total. The van der Waals surface area contributed by atoms with Crippen LogP contribution in [0, 0.1) is 5.92 Å². The molecule has 25 heavy (non-hydrogen) atoms. The Kier molecular flexibility index (Phi) is 5.08. The van der Waals surface area contributed by atoms with Gasteiger partial charge in [-0.05, 0) is 63.2 Å². The van der Waals surface area contributed by atoms with E-state index < -0.39 is 0 Å². The molecule has 0 bridgehead atoms. The van der Waals surface area contributed by atoms with E-state index in [4.69, 9.17) is 0 Å². The van der Waals surface area contributed by atoms with Crippen molar-refractivity contribution in [2.45, 2.75) is 45.1 Å². The molecule has 1 saturated heterocycles. The first-order chi connectivity index (χ1) is 12.3. The van der Waals surface area contributed by atoms with Crippen molar-refractivity contribution in [1.82, 2.24) is 14.9 Å². The van der Waals surface area contributed by atoms with Crippen molar-refractivity contribution in [3.05, 3.63) is 40.7 Å². The number of carbonyl (C=O) groups excluding carboxylic acids is 1. The topological polar surface area (TPSA) is 58.1 Å². The van der Waals surface area contributed by atoms with Gasteiger partial charge in [0, 0.05) is 29.7 Å². The van der Waals surface area contributed by atoms with Crippen molar-refractivity contribution in [1.29, 1.82) is 0 Å². The highest BCUT2D eigenvalue weighted by Crippen LogP contribution is 2.30. The van der Waals surface area contributed by atoms with E-state index in [-0.39, 0.29) is 11.8 Å². The number of aromatic nitrogens is 2. The third kappa shape index (κ3) is 4.07. The van der Waals surface area contributed by atoms with E-state index in [1.165, 1.54) is 29.0 Å². The number of anilines is 1. The quantitative estimate of drug-likeness (QED) is 0.913. The molecule has 0 radical (unpaired) electrons. The van der Waals surface area contributed by atoms with Crippen LogP contribution >= 0.6 is 11.3 Å². The summed E-state index contributed by atoms with van der Waals surface area (Å²) in [5.74, 6) is 0.248. The van der Waals surface area contributed by atoms with Gasteiger partial charge in [0.05, 0.1) is 5.69 Å². The summed E-state index contributed by atoms with van der Waals surface area (Å²) in [4.78, 5) is 25.1. The van der Waals surface area contributed by atoms with Gasteiger partial charge in [-0.1, -0.05) is 6.07 Å². The van der Waals surface area contributed by atoms with Crippen molar-refractivity contribution >= 4 is 22.4 Å². The van der Waals surface area contributed by atoms with Crippen molar-refractivity contribution in [3.8, 4) is 0 Å². The maximum Gasteiger partial charge on any atom is 0.229 e. The van der Waals surface area contributed by atoms with Crippen LogP contribution in [0.2, 0.25) is 0 Å². The Bertz CT molecular complexity index is 699. The highest BCUT2D eigenvalue weighted by Gasteiger charge is 2.26. The summed E-state index contributed by atoms with van der Waals surface area (Å²) < 4.78 is 0. The van der Waals surface area contributed by atoms with Crippen molar-refractivity contribution < 1.29 is 4.79 Å². The van der Waals surface area contributed by atoms with Crippen LogP contribution in [0.1, 0.15) is 41.8 Å². The molecule has 1 aliphatic heterocycles. The molecular formula is C19H24N4OS. The normalized spacial score (nSPS) is 18.7. The molecule has 0 spiro atoms. The Hall–Kier alpha value is -1.79. The first kappa shape index (κ1) is 16.7. The van der Waals surface area contributed by atoms with Gasteiger partial charge >= 0.3 is 0 Å². The number of nitrogens with zero attached hydrogens (tertiary/aromatic N) is 3. The van der Waals surface area contributed by atoms with E-state index in [0.29, 0.717) is 0 Å². The van der Waals surface area contributed by atoms with Crippen LogP contribution in [0.3, 0.4) is 0 Å². The summed E-state index contributed by atoms with van der Waals surface area (Å²) in [7, 11) is 0. The third-order valence-corrected chi connectivity index (χ3v) is 6.24. The number of likely N-dealkylation sites (tertiary alicyclic amines) is 1. The zero-order valence-corrected chi connectivity index (χ0v) is 15.2. The number of fused-ring (bicyclic) bond motifs is 1. The second kappa shape index (κ2) is 7.62. The highest BCUT2D eigenvalue weighted by molar-refractivity contribution is 7.15. The summed E-state index contributed by atoms with van der Waals surface area (Å²) in [5, 5.41) is 3.87. The van der Waals surface area contributed by atoms with Crippen molar-refractivity contribution in [2.75, 3.05) is 18.4 Å². The second-order valence-corrected chi connectivity index (χ2v) is 8.08. The molecule has 2 aromatic heterocycles. The van der Waals surface area contributed by atoms with Crippen LogP contribution in [-0.4, -0.2) is 33.9 Å². The van der Waals surface area contributed by atoms with Gasteiger partial charge in [-0.2, -0.15) is 0 Å². The Balaban J connectivity index is 1.28. The maximum atomic E-state index is 12.6. The average Bonchev–Trinajstić information content (AvgIpc) is 3.05. The first-order valence-electron chi connectivity index (χ1n) is 9.18. The van der Waals surface area contributed by atoms with Gasteiger partial charge in [0.15, 0.2) is 5.13 Å². The van der Waals surface area contributed by atoms with Gasteiger partial charge < -0.3 is 5.32 Å². The third-order valence-electron chi connectivity index (χ3n) is 5.16. The van der Waals surface area contributed by atoms with Crippen LogP contribution in [-0.2, 0) is 24.2 Å². The molecule has 1 fully saturated rings. The lowest BCUT2D eigenvalue weighted by atomic mass is 9.96. The predicted octanol–water partition coefficient (Wildman–Crippen LogP) is 3.27. The van der Waals surface area contributed by atoms with E-state index in [1.807, 2.05) is 12.3 Å². The molecule has 3 heterocycles. The molecule has 4 rings (SSSR count). The molecule has 0 unspecified atom stereocenters. The Morgan fingerprint density at radius 2 is 2.12 bits per heavy atom. The molecule has 2 aliphatic rings. The molecule has 6 heteroatoms. The fourth-order valence-corrected chi connectivity index (χ4v) is 4.77. The van der Waals surface area contributed by atoms with E-state index in [1.54, 1.807) is 17.5 Å². The van der Waals surface area contributed by atoms with Gasteiger partial charge in [0.2, 0.25) is 5.91 Å². The molecule has 1 aliphatic carbocycles. The zero-order valence-electron chi connectivity index (χ0n) is 14.4. The SMILES string of the molecule is O=C(Nc1nc2c(s1)CCCC2)C1CCN(Cc2cccnc2)CC1. The summed E-state index contributed by atoms with van der Waals surface area (Å²) in [5.41, 5.74) is 2.44. The summed E-state index contributed by atoms with van der Waals surface area (Å²) in [6.45, 7) is 2.84. The average molecular weight is 356 g/mol. The lowest BCUT2D eigenvalue weighted by Gasteiger charge is -2.31. The van der Waals surface area contributed by atoms with E-state index >= 15 is 0 Å². The Labute approximate surface area is 152 Å². The van der Waals surface area contributed by atoms with Crippen molar-refractivity contribution in [2.24, 2.45) is 5.92 Å². The van der Waals surface area contributed by atoms with Gasteiger partial charge in [-0.25, -0.2) is 4.98 Å².